The highest BCUT2D eigenvalue weighted by atomic mass is 79.9. The molecule has 2 aromatic rings. The first-order valence-electron chi connectivity index (χ1n) is 6.34. The highest BCUT2D eigenvalue weighted by Crippen LogP contribution is 2.25. The number of H-pyrrole nitrogens is 1. The van der Waals surface area contributed by atoms with Gasteiger partial charge in [-0.15, -0.1) is 0 Å². The van der Waals surface area contributed by atoms with Crippen molar-refractivity contribution in [2.75, 3.05) is 13.1 Å². The summed E-state index contributed by atoms with van der Waals surface area (Å²) in [5.74, 6) is 1.64. The third kappa shape index (κ3) is 2.49. The van der Waals surface area contributed by atoms with Crippen molar-refractivity contribution in [2.45, 2.75) is 18.8 Å². The van der Waals surface area contributed by atoms with Crippen LogP contribution < -0.4 is 5.32 Å². The number of rotatable bonds is 2. The molecule has 2 N–H and O–H groups in total. The van der Waals surface area contributed by atoms with Crippen molar-refractivity contribution in [3.8, 4) is 11.3 Å². The zero-order valence-electron chi connectivity index (χ0n) is 10.1. The smallest absolute Gasteiger partial charge is 0.110 e. The SMILES string of the molecule is Brc1ccc(-c2cnc(C3CCCNC3)[nH]2)cc1. The van der Waals surface area contributed by atoms with E-state index in [0.29, 0.717) is 5.92 Å². The molecule has 1 fully saturated rings. The van der Waals surface area contributed by atoms with Gasteiger partial charge < -0.3 is 10.3 Å². The van der Waals surface area contributed by atoms with Gasteiger partial charge in [0.15, 0.2) is 0 Å². The molecule has 2 heterocycles. The first-order chi connectivity index (χ1) is 8.83. The van der Waals surface area contributed by atoms with Crippen molar-refractivity contribution < 1.29 is 0 Å². The summed E-state index contributed by atoms with van der Waals surface area (Å²) in [6.45, 7) is 2.17. The normalized spacial score (nSPS) is 19.9. The first kappa shape index (κ1) is 11.9. The van der Waals surface area contributed by atoms with E-state index in [1.54, 1.807) is 0 Å². The van der Waals surface area contributed by atoms with Crippen molar-refractivity contribution in [3.05, 3.63) is 40.8 Å². The number of aromatic nitrogens is 2. The number of hydrogen-bond acceptors (Lipinski definition) is 2. The predicted octanol–water partition coefficient (Wildman–Crippen LogP) is 3.31. The minimum atomic E-state index is 0.531. The number of nitrogens with one attached hydrogen (secondary N) is 2. The van der Waals surface area contributed by atoms with E-state index in [0.717, 1.165) is 29.1 Å². The van der Waals surface area contributed by atoms with E-state index in [9.17, 15) is 0 Å². The average Bonchev–Trinajstić information content (AvgIpc) is 2.90. The molecule has 18 heavy (non-hydrogen) atoms. The van der Waals surface area contributed by atoms with E-state index < -0.39 is 0 Å². The Kier molecular flexibility index (Phi) is 3.48. The number of benzene rings is 1. The molecule has 1 aromatic carbocycles. The molecule has 0 radical (unpaired) electrons. The Balaban J connectivity index is 1.82. The Labute approximate surface area is 115 Å². The molecule has 1 aliphatic heterocycles. The van der Waals surface area contributed by atoms with Gasteiger partial charge in [0.05, 0.1) is 11.9 Å². The number of aromatic amines is 1. The summed E-state index contributed by atoms with van der Waals surface area (Å²) in [5.41, 5.74) is 2.28. The standard InChI is InChI=1S/C14H16BrN3/c15-12-5-3-10(4-6-12)13-9-17-14(18-13)11-2-1-7-16-8-11/h3-6,9,11,16H,1-2,7-8H2,(H,17,18). The second-order valence-electron chi connectivity index (χ2n) is 4.73. The number of nitrogens with zero attached hydrogens (tertiary/aromatic N) is 1. The van der Waals surface area contributed by atoms with Crippen LogP contribution in [0.3, 0.4) is 0 Å². The van der Waals surface area contributed by atoms with Gasteiger partial charge in [0.25, 0.3) is 0 Å². The minimum absolute atomic E-state index is 0.531. The third-order valence-corrected chi connectivity index (χ3v) is 3.96. The number of piperidine rings is 1. The van der Waals surface area contributed by atoms with Crippen LogP contribution in [0.4, 0.5) is 0 Å². The van der Waals surface area contributed by atoms with Crippen LogP contribution in [0.5, 0.6) is 0 Å². The highest BCUT2D eigenvalue weighted by Gasteiger charge is 2.18. The molecule has 0 spiro atoms. The summed E-state index contributed by atoms with van der Waals surface area (Å²) in [7, 11) is 0. The minimum Gasteiger partial charge on any atom is -0.342 e. The van der Waals surface area contributed by atoms with Crippen molar-refractivity contribution >= 4 is 15.9 Å². The fourth-order valence-electron chi connectivity index (χ4n) is 2.41. The molecular formula is C14H16BrN3. The van der Waals surface area contributed by atoms with E-state index in [4.69, 9.17) is 0 Å². The van der Waals surface area contributed by atoms with Gasteiger partial charge >= 0.3 is 0 Å². The second kappa shape index (κ2) is 5.24. The van der Waals surface area contributed by atoms with Gasteiger partial charge in [0.1, 0.15) is 5.82 Å². The Morgan fingerprint density at radius 1 is 1.22 bits per heavy atom. The first-order valence-corrected chi connectivity index (χ1v) is 7.14. The van der Waals surface area contributed by atoms with Gasteiger partial charge in [-0.2, -0.15) is 0 Å². The van der Waals surface area contributed by atoms with E-state index in [2.05, 4.69) is 55.5 Å². The van der Waals surface area contributed by atoms with Crippen LogP contribution in [0.2, 0.25) is 0 Å². The van der Waals surface area contributed by atoms with Gasteiger partial charge in [-0.1, -0.05) is 28.1 Å². The lowest BCUT2D eigenvalue weighted by molar-refractivity contribution is 0.449. The van der Waals surface area contributed by atoms with Gasteiger partial charge in [-0.25, -0.2) is 4.98 Å². The molecule has 3 nitrogen and oxygen atoms in total. The van der Waals surface area contributed by atoms with Crippen LogP contribution in [0.1, 0.15) is 24.6 Å². The molecule has 1 saturated heterocycles. The Morgan fingerprint density at radius 3 is 2.78 bits per heavy atom. The van der Waals surface area contributed by atoms with Gasteiger partial charge in [0.2, 0.25) is 0 Å². The van der Waals surface area contributed by atoms with E-state index >= 15 is 0 Å². The lowest BCUT2D eigenvalue weighted by Crippen LogP contribution is -2.28. The van der Waals surface area contributed by atoms with Crippen LogP contribution in [0.15, 0.2) is 34.9 Å². The molecular weight excluding hydrogens is 290 g/mol. The van der Waals surface area contributed by atoms with E-state index in [-0.39, 0.29) is 0 Å². The van der Waals surface area contributed by atoms with Crippen molar-refractivity contribution in [1.82, 2.24) is 15.3 Å². The van der Waals surface area contributed by atoms with Crippen LogP contribution in [0.25, 0.3) is 11.3 Å². The Morgan fingerprint density at radius 2 is 2.06 bits per heavy atom. The van der Waals surface area contributed by atoms with E-state index in [1.807, 2.05) is 6.20 Å². The zero-order valence-corrected chi connectivity index (χ0v) is 11.7. The largest absolute Gasteiger partial charge is 0.342 e. The maximum atomic E-state index is 4.53. The molecule has 1 aliphatic rings. The second-order valence-corrected chi connectivity index (χ2v) is 5.65. The maximum Gasteiger partial charge on any atom is 0.110 e. The molecule has 1 unspecified atom stereocenters. The molecule has 4 heteroatoms. The van der Waals surface area contributed by atoms with Crippen LogP contribution >= 0.6 is 15.9 Å². The summed E-state index contributed by atoms with van der Waals surface area (Å²) in [6.07, 6.45) is 4.40. The van der Waals surface area contributed by atoms with Crippen molar-refractivity contribution in [1.29, 1.82) is 0 Å². The number of imidazole rings is 1. The lowest BCUT2D eigenvalue weighted by atomic mass is 9.99. The van der Waals surface area contributed by atoms with Crippen molar-refractivity contribution in [2.24, 2.45) is 0 Å². The molecule has 3 rings (SSSR count). The predicted molar refractivity (Wildman–Crippen MR) is 76.6 cm³/mol. The fraction of sp³-hybridized carbons (Fsp3) is 0.357. The summed E-state index contributed by atoms with van der Waals surface area (Å²) >= 11 is 3.45. The van der Waals surface area contributed by atoms with Gasteiger partial charge in [-0.05, 0) is 37.1 Å². The monoisotopic (exact) mass is 305 g/mol. The number of hydrogen-bond donors (Lipinski definition) is 2. The van der Waals surface area contributed by atoms with E-state index in [1.165, 1.54) is 18.4 Å². The van der Waals surface area contributed by atoms with Gasteiger partial charge in [0, 0.05) is 16.9 Å². The molecule has 1 aromatic heterocycles. The third-order valence-electron chi connectivity index (χ3n) is 3.43. The molecule has 0 amide bonds. The fourth-order valence-corrected chi connectivity index (χ4v) is 2.67. The molecule has 0 bridgehead atoms. The summed E-state index contributed by atoms with van der Waals surface area (Å²) in [6, 6.07) is 8.30. The highest BCUT2D eigenvalue weighted by molar-refractivity contribution is 9.10. The summed E-state index contributed by atoms with van der Waals surface area (Å²) < 4.78 is 1.10. The number of halogens is 1. The Hall–Kier alpha value is -1.13. The van der Waals surface area contributed by atoms with Crippen LogP contribution in [-0.4, -0.2) is 23.1 Å². The maximum absolute atomic E-state index is 4.53. The zero-order chi connectivity index (χ0) is 12.4. The molecule has 94 valence electrons. The van der Waals surface area contributed by atoms with Crippen molar-refractivity contribution in [3.63, 3.8) is 0 Å². The van der Waals surface area contributed by atoms with Gasteiger partial charge in [-0.3, -0.25) is 0 Å². The summed E-state index contributed by atoms with van der Waals surface area (Å²) in [5, 5.41) is 3.42. The summed E-state index contributed by atoms with van der Waals surface area (Å²) in [4.78, 5) is 7.98. The van der Waals surface area contributed by atoms with Crippen LogP contribution in [0, 0.1) is 0 Å². The topological polar surface area (TPSA) is 40.7 Å². The lowest BCUT2D eigenvalue weighted by Gasteiger charge is -2.20. The molecule has 0 aliphatic carbocycles. The average molecular weight is 306 g/mol. The van der Waals surface area contributed by atoms with Crippen LogP contribution in [-0.2, 0) is 0 Å². The Bertz CT molecular complexity index is 512. The quantitative estimate of drug-likeness (QED) is 0.894. The molecule has 0 saturated carbocycles. The molecule has 1 atom stereocenters.